The predicted molar refractivity (Wildman–Crippen MR) is 51.4 cm³/mol. The Labute approximate surface area is 83.0 Å². The topological polar surface area (TPSA) is 45.1 Å². The number of aliphatic hydroxyl groups is 1. The van der Waals surface area contributed by atoms with E-state index in [0.29, 0.717) is 6.54 Å². The molecule has 1 aromatic heterocycles. The molecule has 1 aliphatic heterocycles. The summed E-state index contributed by atoms with van der Waals surface area (Å²) in [6, 6.07) is 0. The summed E-state index contributed by atoms with van der Waals surface area (Å²) in [6.07, 6.45) is -0.262. The first-order chi connectivity index (χ1) is 5.79. The Morgan fingerprint density at radius 3 is 3.00 bits per heavy atom. The van der Waals surface area contributed by atoms with E-state index >= 15 is 0 Å². The van der Waals surface area contributed by atoms with Crippen molar-refractivity contribution in [2.24, 2.45) is 0 Å². The molecule has 5 heteroatoms. The fraction of sp³-hybridized carbons (Fsp3) is 0.571. The normalized spacial score (nSPS) is 29.5. The molecular weight excluding hydrogens is 240 g/mol. The summed E-state index contributed by atoms with van der Waals surface area (Å²) in [7, 11) is 0. The minimum Gasteiger partial charge on any atom is -0.391 e. The van der Waals surface area contributed by atoms with Crippen molar-refractivity contribution in [1.82, 2.24) is 10.3 Å². The second-order valence-corrected chi connectivity index (χ2v) is 4.48. The van der Waals surface area contributed by atoms with E-state index in [1.165, 1.54) is 0 Å². The van der Waals surface area contributed by atoms with E-state index in [1.807, 2.05) is 0 Å². The summed E-state index contributed by atoms with van der Waals surface area (Å²) >= 11 is 4.96. The van der Waals surface area contributed by atoms with Gasteiger partial charge < -0.3 is 10.4 Å². The zero-order valence-electron chi connectivity index (χ0n) is 6.33. The zero-order chi connectivity index (χ0) is 8.55. The molecule has 2 unspecified atom stereocenters. The third kappa shape index (κ3) is 1.42. The highest BCUT2D eigenvalue weighted by Gasteiger charge is 2.29. The Morgan fingerprint density at radius 2 is 2.50 bits per heavy atom. The standard InChI is InChI=1S/C7H9BrN2OS/c8-7-6(12-3-10-7)4-1-9-2-5(4)11/h3-5,9,11H,1-2H2. The Balaban J connectivity index is 2.24. The van der Waals surface area contributed by atoms with Gasteiger partial charge in [0.05, 0.1) is 11.6 Å². The van der Waals surface area contributed by atoms with Gasteiger partial charge in [0.25, 0.3) is 0 Å². The maximum absolute atomic E-state index is 9.58. The number of β-amino-alcohol motifs (C(OH)–C–C–N with tert-alkyl or cyclic N) is 1. The summed E-state index contributed by atoms with van der Waals surface area (Å²) in [6.45, 7) is 1.54. The van der Waals surface area contributed by atoms with Crippen molar-refractivity contribution in [3.8, 4) is 0 Å². The SMILES string of the molecule is OC1CNCC1c1scnc1Br. The first-order valence-electron chi connectivity index (χ1n) is 3.76. The fourth-order valence-corrected chi connectivity index (χ4v) is 3.06. The van der Waals surface area contributed by atoms with E-state index in [2.05, 4.69) is 26.2 Å². The molecule has 0 saturated carbocycles. The maximum atomic E-state index is 9.58. The second-order valence-electron chi connectivity index (χ2n) is 2.84. The van der Waals surface area contributed by atoms with Crippen LogP contribution >= 0.6 is 27.3 Å². The number of hydrogen-bond donors (Lipinski definition) is 2. The molecule has 2 heterocycles. The molecule has 0 aromatic carbocycles. The summed E-state index contributed by atoms with van der Waals surface area (Å²) in [5.74, 6) is 0.215. The summed E-state index contributed by atoms with van der Waals surface area (Å²) in [5, 5.41) is 12.7. The van der Waals surface area contributed by atoms with Crippen molar-refractivity contribution in [1.29, 1.82) is 0 Å². The quantitative estimate of drug-likeness (QED) is 0.779. The highest BCUT2D eigenvalue weighted by Crippen LogP contribution is 2.31. The van der Waals surface area contributed by atoms with Crippen LogP contribution in [0.2, 0.25) is 0 Å². The van der Waals surface area contributed by atoms with Crippen LogP contribution in [0.15, 0.2) is 10.1 Å². The van der Waals surface area contributed by atoms with Gasteiger partial charge in [-0.3, -0.25) is 0 Å². The van der Waals surface area contributed by atoms with Gasteiger partial charge in [0.2, 0.25) is 0 Å². The number of nitrogens with one attached hydrogen (secondary N) is 1. The molecule has 12 heavy (non-hydrogen) atoms. The molecule has 3 nitrogen and oxygen atoms in total. The van der Waals surface area contributed by atoms with Crippen LogP contribution < -0.4 is 5.32 Å². The number of halogens is 1. The minimum absolute atomic E-state index is 0.215. The number of hydrogen-bond acceptors (Lipinski definition) is 4. The lowest BCUT2D eigenvalue weighted by molar-refractivity contribution is 0.178. The number of aromatic nitrogens is 1. The third-order valence-corrected chi connectivity index (χ3v) is 3.92. The highest BCUT2D eigenvalue weighted by molar-refractivity contribution is 9.10. The number of aliphatic hydroxyl groups excluding tert-OH is 1. The van der Waals surface area contributed by atoms with Gasteiger partial charge in [-0.2, -0.15) is 0 Å². The lowest BCUT2D eigenvalue weighted by atomic mass is 10.1. The van der Waals surface area contributed by atoms with Gasteiger partial charge in [0.1, 0.15) is 4.60 Å². The Morgan fingerprint density at radius 1 is 1.67 bits per heavy atom. The molecule has 1 aromatic rings. The molecule has 2 atom stereocenters. The van der Waals surface area contributed by atoms with E-state index < -0.39 is 0 Å². The van der Waals surface area contributed by atoms with Crippen LogP contribution in [-0.2, 0) is 0 Å². The van der Waals surface area contributed by atoms with E-state index in [-0.39, 0.29) is 12.0 Å². The van der Waals surface area contributed by atoms with Crippen LogP contribution in [0.25, 0.3) is 0 Å². The van der Waals surface area contributed by atoms with Gasteiger partial charge in [-0.25, -0.2) is 4.98 Å². The number of rotatable bonds is 1. The van der Waals surface area contributed by atoms with Crippen LogP contribution in [0.5, 0.6) is 0 Å². The Kier molecular flexibility index (Phi) is 2.45. The van der Waals surface area contributed by atoms with Crippen LogP contribution in [0, 0.1) is 0 Å². The van der Waals surface area contributed by atoms with Crippen molar-refractivity contribution < 1.29 is 5.11 Å². The Hall–Kier alpha value is 0.0300. The van der Waals surface area contributed by atoms with Crippen molar-refractivity contribution >= 4 is 27.3 Å². The molecule has 1 saturated heterocycles. The van der Waals surface area contributed by atoms with Crippen LogP contribution in [0.1, 0.15) is 10.8 Å². The van der Waals surface area contributed by atoms with Gasteiger partial charge in [-0.15, -0.1) is 11.3 Å². The summed E-state index contributed by atoms with van der Waals surface area (Å²) < 4.78 is 0.875. The summed E-state index contributed by atoms with van der Waals surface area (Å²) in [5.41, 5.74) is 1.80. The van der Waals surface area contributed by atoms with Crippen LogP contribution in [0.4, 0.5) is 0 Å². The molecule has 0 amide bonds. The monoisotopic (exact) mass is 248 g/mol. The molecule has 2 rings (SSSR count). The molecule has 1 aliphatic rings. The lowest BCUT2D eigenvalue weighted by Gasteiger charge is -2.10. The molecular formula is C7H9BrN2OS. The van der Waals surface area contributed by atoms with Gasteiger partial charge in [0.15, 0.2) is 0 Å². The average Bonchev–Trinajstić information content (AvgIpc) is 2.59. The zero-order valence-corrected chi connectivity index (χ0v) is 8.73. The van der Waals surface area contributed by atoms with Crippen molar-refractivity contribution in [2.45, 2.75) is 12.0 Å². The number of nitrogens with zero attached hydrogens (tertiary/aromatic N) is 1. The van der Waals surface area contributed by atoms with Crippen molar-refractivity contribution in [3.05, 3.63) is 15.0 Å². The van der Waals surface area contributed by atoms with Crippen LogP contribution in [0.3, 0.4) is 0 Å². The Bertz CT molecular complexity index is 278. The third-order valence-electron chi connectivity index (χ3n) is 2.07. The molecule has 0 radical (unpaired) electrons. The molecule has 2 N–H and O–H groups in total. The number of thiazole rings is 1. The molecule has 66 valence electrons. The van der Waals surface area contributed by atoms with Crippen molar-refractivity contribution in [2.75, 3.05) is 13.1 Å². The fourth-order valence-electron chi connectivity index (χ4n) is 1.41. The summed E-state index contributed by atoms with van der Waals surface area (Å²) in [4.78, 5) is 5.24. The second kappa shape index (κ2) is 3.41. The molecule has 0 aliphatic carbocycles. The van der Waals surface area contributed by atoms with Gasteiger partial charge in [-0.05, 0) is 15.9 Å². The highest BCUT2D eigenvalue weighted by atomic mass is 79.9. The molecule has 1 fully saturated rings. The first kappa shape index (κ1) is 8.62. The van der Waals surface area contributed by atoms with E-state index in [1.54, 1.807) is 16.8 Å². The van der Waals surface area contributed by atoms with Gasteiger partial charge in [0, 0.05) is 23.9 Å². The smallest absolute Gasteiger partial charge is 0.120 e. The molecule has 0 bridgehead atoms. The maximum Gasteiger partial charge on any atom is 0.120 e. The minimum atomic E-state index is -0.262. The van der Waals surface area contributed by atoms with E-state index in [0.717, 1.165) is 16.0 Å². The first-order valence-corrected chi connectivity index (χ1v) is 5.44. The predicted octanol–water partition coefficient (Wildman–Crippen LogP) is 0.953. The van der Waals surface area contributed by atoms with E-state index in [4.69, 9.17) is 0 Å². The molecule has 0 spiro atoms. The average molecular weight is 249 g/mol. The van der Waals surface area contributed by atoms with E-state index in [9.17, 15) is 5.11 Å². The van der Waals surface area contributed by atoms with Crippen LogP contribution in [-0.4, -0.2) is 29.3 Å². The van der Waals surface area contributed by atoms with Gasteiger partial charge in [-0.1, -0.05) is 0 Å². The van der Waals surface area contributed by atoms with Gasteiger partial charge >= 0.3 is 0 Å². The lowest BCUT2D eigenvalue weighted by Crippen LogP contribution is -2.15. The van der Waals surface area contributed by atoms with Crippen molar-refractivity contribution in [3.63, 3.8) is 0 Å². The largest absolute Gasteiger partial charge is 0.391 e.